The van der Waals surface area contributed by atoms with Crippen LogP contribution in [0.1, 0.15) is 27.7 Å². The zero-order valence-electron chi connectivity index (χ0n) is 12.8. The van der Waals surface area contributed by atoms with Gasteiger partial charge in [-0.3, -0.25) is 9.78 Å². The van der Waals surface area contributed by atoms with Gasteiger partial charge in [0.1, 0.15) is 5.69 Å². The third-order valence-electron chi connectivity index (χ3n) is 4.06. The molecule has 2 aromatic rings. The lowest BCUT2D eigenvalue weighted by Crippen LogP contribution is -2.34. The first-order valence-electron chi connectivity index (χ1n) is 7.50. The number of benzene rings is 1. The largest absolute Gasteiger partial charge is 0.336 e. The van der Waals surface area contributed by atoms with Crippen molar-refractivity contribution < 1.29 is 13.2 Å². The van der Waals surface area contributed by atoms with E-state index >= 15 is 0 Å². The molecule has 1 amide bonds. The second-order valence-corrected chi connectivity index (χ2v) is 8.26. The Bertz CT molecular complexity index is 843. The van der Waals surface area contributed by atoms with Gasteiger partial charge in [-0.2, -0.15) is 0 Å². The van der Waals surface area contributed by atoms with E-state index in [4.69, 9.17) is 11.6 Å². The van der Waals surface area contributed by atoms with Crippen LogP contribution in [0.4, 0.5) is 0 Å². The SMILES string of the molecule is O=C(c1cnccn1)N1CCC(c2ccccc2Cl)S(=O)(=O)CC1. The second-order valence-electron chi connectivity index (χ2n) is 5.55. The van der Waals surface area contributed by atoms with Crippen LogP contribution in [0.2, 0.25) is 5.02 Å². The molecule has 24 heavy (non-hydrogen) atoms. The Hall–Kier alpha value is -1.99. The zero-order valence-corrected chi connectivity index (χ0v) is 14.4. The first kappa shape index (κ1) is 16.9. The molecule has 0 N–H and O–H groups in total. The Labute approximate surface area is 145 Å². The summed E-state index contributed by atoms with van der Waals surface area (Å²) in [6, 6.07) is 6.94. The summed E-state index contributed by atoms with van der Waals surface area (Å²) in [7, 11) is -3.40. The van der Waals surface area contributed by atoms with Crippen molar-refractivity contribution in [1.29, 1.82) is 0 Å². The first-order chi connectivity index (χ1) is 11.5. The lowest BCUT2D eigenvalue weighted by atomic mass is 10.1. The van der Waals surface area contributed by atoms with Crippen molar-refractivity contribution in [3.05, 3.63) is 59.1 Å². The molecule has 2 heterocycles. The molecule has 1 unspecified atom stereocenters. The summed E-state index contributed by atoms with van der Waals surface area (Å²) in [4.78, 5) is 21.9. The quantitative estimate of drug-likeness (QED) is 0.814. The van der Waals surface area contributed by atoms with Gasteiger partial charge in [0.15, 0.2) is 9.84 Å². The van der Waals surface area contributed by atoms with Gasteiger partial charge in [-0.15, -0.1) is 0 Å². The van der Waals surface area contributed by atoms with Crippen LogP contribution in [-0.2, 0) is 9.84 Å². The van der Waals surface area contributed by atoms with Crippen molar-refractivity contribution in [3.63, 3.8) is 0 Å². The Morgan fingerprint density at radius 1 is 1.21 bits per heavy atom. The highest BCUT2D eigenvalue weighted by Crippen LogP contribution is 2.33. The minimum Gasteiger partial charge on any atom is -0.336 e. The molecule has 1 aromatic carbocycles. The molecule has 1 atom stereocenters. The standard InChI is InChI=1S/C16H16ClN3O3S/c17-13-4-2-1-3-12(13)15-5-8-20(9-10-24(15,22)23)16(21)14-11-18-6-7-19-14/h1-4,6-7,11,15H,5,8-10H2. The summed E-state index contributed by atoms with van der Waals surface area (Å²) in [5.74, 6) is -0.410. The van der Waals surface area contributed by atoms with Gasteiger partial charge in [0.25, 0.3) is 5.91 Å². The van der Waals surface area contributed by atoms with E-state index < -0.39 is 15.1 Å². The number of carbonyl (C=O) groups excluding carboxylic acids is 1. The smallest absolute Gasteiger partial charge is 0.274 e. The Kier molecular flexibility index (Phi) is 4.82. The molecule has 1 aliphatic rings. The van der Waals surface area contributed by atoms with Gasteiger partial charge in [-0.1, -0.05) is 29.8 Å². The van der Waals surface area contributed by atoms with Gasteiger partial charge in [-0.25, -0.2) is 13.4 Å². The average Bonchev–Trinajstić information content (AvgIpc) is 2.74. The molecule has 126 valence electrons. The molecule has 0 bridgehead atoms. The molecule has 1 aromatic heterocycles. The number of nitrogens with zero attached hydrogens (tertiary/aromatic N) is 3. The molecule has 0 radical (unpaired) electrons. The molecule has 3 rings (SSSR count). The lowest BCUT2D eigenvalue weighted by molar-refractivity contribution is 0.0760. The molecule has 1 fully saturated rings. The summed E-state index contributed by atoms with van der Waals surface area (Å²) < 4.78 is 25.3. The van der Waals surface area contributed by atoms with Crippen LogP contribution in [0.25, 0.3) is 0 Å². The maximum absolute atomic E-state index is 12.6. The van der Waals surface area contributed by atoms with Gasteiger partial charge in [0, 0.05) is 30.5 Å². The van der Waals surface area contributed by atoms with Crippen LogP contribution >= 0.6 is 11.6 Å². The fraction of sp³-hybridized carbons (Fsp3) is 0.312. The third kappa shape index (κ3) is 3.42. The van der Waals surface area contributed by atoms with Gasteiger partial charge in [0.2, 0.25) is 0 Å². The topological polar surface area (TPSA) is 80.2 Å². The van der Waals surface area contributed by atoms with Crippen molar-refractivity contribution in [2.75, 3.05) is 18.8 Å². The highest BCUT2D eigenvalue weighted by atomic mass is 35.5. The average molecular weight is 366 g/mol. The first-order valence-corrected chi connectivity index (χ1v) is 9.59. The lowest BCUT2D eigenvalue weighted by Gasteiger charge is -2.19. The normalized spacial score (nSPS) is 20.4. The molecule has 0 spiro atoms. The Balaban J connectivity index is 1.85. The number of aromatic nitrogens is 2. The summed E-state index contributed by atoms with van der Waals surface area (Å²) in [6.07, 6.45) is 4.61. The van der Waals surface area contributed by atoms with Gasteiger partial charge >= 0.3 is 0 Å². The van der Waals surface area contributed by atoms with Crippen LogP contribution in [0.3, 0.4) is 0 Å². The molecule has 1 saturated heterocycles. The number of halogens is 1. The zero-order chi connectivity index (χ0) is 17.2. The predicted molar refractivity (Wildman–Crippen MR) is 90.5 cm³/mol. The van der Waals surface area contributed by atoms with Gasteiger partial charge < -0.3 is 4.90 Å². The maximum Gasteiger partial charge on any atom is 0.274 e. The van der Waals surface area contributed by atoms with Crippen molar-refractivity contribution in [1.82, 2.24) is 14.9 Å². The molecule has 6 nitrogen and oxygen atoms in total. The highest BCUT2D eigenvalue weighted by Gasteiger charge is 2.34. The summed E-state index contributed by atoms with van der Waals surface area (Å²) in [6.45, 7) is 0.462. The van der Waals surface area contributed by atoms with Crippen LogP contribution in [0.15, 0.2) is 42.9 Å². The Morgan fingerprint density at radius 2 is 2.00 bits per heavy atom. The predicted octanol–water partition coefficient (Wildman–Crippen LogP) is 2.13. The van der Waals surface area contributed by atoms with E-state index in [1.54, 1.807) is 24.3 Å². The molecule has 0 aliphatic carbocycles. The fourth-order valence-electron chi connectivity index (χ4n) is 2.80. The monoisotopic (exact) mass is 365 g/mol. The van der Waals surface area contributed by atoms with Crippen LogP contribution in [-0.4, -0.2) is 48.0 Å². The minimum absolute atomic E-state index is 0.102. The maximum atomic E-state index is 12.6. The number of carbonyl (C=O) groups is 1. The van der Waals surface area contributed by atoms with Crippen LogP contribution in [0, 0.1) is 0 Å². The van der Waals surface area contributed by atoms with E-state index in [1.165, 1.54) is 23.5 Å². The van der Waals surface area contributed by atoms with E-state index in [0.29, 0.717) is 23.6 Å². The second kappa shape index (κ2) is 6.86. The van der Waals surface area contributed by atoms with E-state index in [9.17, 15) is 13.2 Å². The number of sulfone groups is 1. The van der Waals surface area contributed by atoms with E-state index in [-0.39, 0.29) is 23.9 Å². The summed E-state index contributed by atoms with van der Waals surface area (Å²) in [5, 5.41) is -0.273. The molecule has 0 saturated carbocycles. The van der Waals surface area contributed by atoms with E-state index in [1.807, 2.05) is 0 Å². The minimum atomic E-state index is -3.40. The number of hydrogen-bond acceptors (Lipinski definition) is 5. The summed E-state index contributed by atoms with van der Waals surface area (Å²) >= 11 is 6.17. The molecule has 8 heteroatoms. The van der Waals surface area contributed by atoms with Gasteiger partial charge in [0.05, 0.1) is 17.2 Å². The highest BCUT2D eigenvalue weighted by molar-refractivity contribution is 7.91. The van der Waals surface area contributed by atoms with Crippen molar-refractivity contribution in [3.8, 4) is 0 Å². The fourth-order valence-corrected chi connectivity index (χ4v) is 4.95. The number of hydrogen-bond donors (Lipinski definition) is 0. The van der Waals surface area contributed by atoms with Gasteiger partial charge in [-0.05, 0) is 18.1 Å². The summed E-state index contributed by atoms with van der Waals surface area (Å²) in [5.41, 5.74) is 0.805. The molecular formula is C16H16ClN3O3S. The van der Waals surface area contributed by atoms with E-state index in [0.717, 1.165) is 0 Å². The van der Waals surface area contributed by atoms with Crippen molar-refractivity contribution in [2.45, 2.75) is 11.7 Å². The van der Waals surface area contributed by atoms with Crippen molar-refractivity contribution >= 4 is 27.3 Å². The van der Waals surface area contributed by atoms with E-state index in [2.05, 4.69) is 9.97 Å². The Morgan fingerprint density at radius 3 is 2.71 bits per heavy atom. The number of rotatable bonds is 2. The van der Waals surface area contributed by atoms with Crippen molar-refractivity contribution in [2.24, 2.45) is 0 Å². The van der Waals surface area contributed by atoms with Crippen LogP contribution < -0.4 is 0 Å². The third-order valence-corrected chi connectivity index (χ3v) is 6.51. The number of amides is 1. The molecular weight excluding hydrogens is 350 g/mol. The molecule has 1 aliphatic heterocycles. The van der Waals surface area contributed by atoms with Crippen LogP contribution in [0.5, 0.6) is 0 Å².